The smallest absolute Gasteiger partial charge is 0.427 e. The molecule has 5 aliphatic rings. The predicted molar refractivity (Wildman–Crippen MR) is 214 cm³/mol. The number of ether oxygens (including phenoxy) is 3. The van der Waals surface area contributed by atoms with Crippen LogP contribution in [0.25, 0.3) is 10.8 Å². The molecule has 15 nitrogen and oxygen atoms in total. The normalized spacial score (nSPS) is 31.3. The van der Waals surface area contributed by atoms with Gasteiger partial charge in [0, 0.05) is 44.6 Å². The number of halogens is 3. The molecule has 0 spiro atoms. The molecule has 3 aliphatic heterocycles. The van der Waals surface area contributed by atoms with E-state index in [4.69, 9.17) is 17.7 Å². The maximum absolute atomic E-state index is 15.1. The summed E-state index contributed by atoms with van der Waals surface area (Å²) in [7, 11) is -2.17. The number of hydrogen-bond donors (Lipinski definition) is 3. The predicted octanol–water partition coefficient (Wildman–Crippen LogP) is 4.73. The highest BCUT2D eigenvalue weighted by molar-refractivity contribution is 7.91. The van der Waals surface area contributed by atoms with Gasteiger partial charge in [-0.2, -0.15) is 13.2 Å². The largest absolute Gasteiger partial charge is 0.489 e. The molecule has 0 radical (unpaired) electrons. The second kappa shape index (κ2) is 16.2. The quantitative estimate of drug-likeness (QED) is 0.312. The number of allylic oxidation sites excluding steroid dienone is 1. The van der Waals surface area contributed by atoms with Gasteiger partial charge < -0.3 is 34.6 Å². The summed E-state index contributed by atoms with van der Waals surface area (Å²) in [6.45, 7) is -4.81. The Balaban J connectivity index is 1.27. The Bertz CT molecular complexity index is 2350. The molecule has 4 heterocycles. The first-order valence-electron chi connectivity index (χ1n) is 23.1. The molecule has 3 N–H and O–H groups in total. The summed E-state index contributed by atoms with van der Waals surface area (Å²) in [5, 5.41) is 5.21. The first-order valence-corrected chi connectivity index (χ1v) is 21.6. The van der Waals surface area contributed by atoms with Crippen molar-refractivity contribution in [3.63, 3.8) is 0 Å². The van der Waals surface area contributed by atoms with Gasteiger partial charge in [-0.3, -0.25) is 19.1 Å². The van der Waals surface area contributed by atoms with Crippen LogP contribution < -0.4 is 29.7 Å². The monoisotopic (exact) mass is 868 g/mol. The third-order valence-corrected chi connectivity index (χ3v) is 13.9. The van der Waals surface area contributed by atoms with Crippen molar-refractivity contribution in [2.24, 2.45) is 17.8 Å². The van der Waals surface area contributed by atoms with Crippen LogP contribution in [0.3, 0.4) is 0 Å². The number of rotatable bonds is 8. The minimum Gasteiger partial charge on any atom is -0.489 e. The van der Waals surface area contributed by atoms with E-state index in [-0.39, 0.29) is 37.5 Å². The van der Waals surface area contributed by atoms with Crippen LogP contribution >= 0.6 is 0 Å². The topological polar surface area (TPSA) is 186 Å². The summed E-state index contributed by atoms with van der Waals surface area (Å²) in [6.07, 6.45) is -2.77. The van der Waals surface area contributed by atoms with Crippen molar-refractivity contribution >= 4 is 50.3 Å². The van der Waals surface area contributed by atoms with Crippen molar-refractivity contribution in [2.45, 2.75) is 120 Å². The Morgan fingerprint density at radius 3 is 2.60 bits per heavy atom. The molecule has 7 rings (SSSR count). The van der Waals surface area contributed by atoms with Gasteiger partial charge in [-0.05, 0) is 82.3 Å². The van der Waals surface area contributed by atoms with Gasteiger partial charge in [0.15, 0.2) is 5.75 Å². The highest BCUT2D eigenvalue weighted by Crippen LogP contribution is 2.47. The molecule has 7 atom stereocenters. The number of pyridine rings is 1. The minimum absolute atomic E-state index is 0.0147. The molecule has 2 aliphatic carbocycles. The number of alkyl carbamates (subject to hydrolysis) is 1. The van der Waals surface area contributed by atoms with Crippen molar-refractivity contribution in [1.29, 1.82) is 0 Å². The zero-order chi connectivity index (χ0) is 48.4. The molecule has 0 unspecified atom stereocenters. The first kappa shape index (κ1) is 35.9. The van der Waals surface area contributed by atoms with E-state index >= 15 is 4.79 Å². The Hall–Kier alpha value is -4.81. The summed E-state index contributed by atoms with van der Waals surface area (Å²) >= 11 is 0. The lowest BCUT2D eigenvalue weighted by atomic mass is 9.85. The number of anilines is 1. The summed E-state index contributed by atoms with van der Waals surface area (Å²) in [5.41, 5.74) is -5.94. The van der Waals surface area contributed by atoms with E-state index in [2.05, 4.69) is 25.1 Å². The standard InChI is InChI=1S/C41H53F3N6O9S/c1-6-24-19-23(2)9-7-8-10-25-21-40(25,37(53)48-60(55,56)27-11-12-27)47-34(51)31-20-26(22-50(31)36(52)32(24)46-38(54)59-39(3,4)41(42,43)44)58-35-29-13-14-30-33(28(29)15-16-45-35)57-18-17-49(30)5/h8,10,13-16,23-27,31-32H,6-7,9,11-12,17-22H2,1-5H3,(H,46,54)(H,47,51)(H,48,53)/b10-8-/t23-,24+,25+,26+,31-,32-,40+/m0/s1/i3D3,4D3. The maximum atomic E-state index is 15.1. The van der Waals surface area contributed by atoms with Gasteiger partial charge in [0.05, 0.1) is 24.0 Å². The van der Waals surface area contributed by atoms with E-state index in [1.807, 2.05) is 24.9 Å². The molecular weight excluding hydrogens is 810 g/mol. The van der Waals surface area contributed by atoms with Crippen molar-refractivity contribution in [3.8, 4) is 11.6 Å². The van der Waals surface area contributed by atoms with Gasteiger partial charge in [-0.15, -0.1) is 0 Å². The number of amides is 4. The molecule has 328 valence electrons. The van der Waals surface area contributed by atoms with Crippen LogP contribution in [-0.2, 0) is 29.1 Å². The Kier molecular flexibility index (Phi) is 9.71. The average molecular weight is 869 g/mol. The van der Waals surface area contributed by atoms with E-state index in [1.165, 1.54) is 6.20 Å². The second-order valence-corrected chi connectivity index (χ2v) is 18.5. The molecule has 60 heavy (non-hydrogen) atoms. The third-order valence-electron chi connectivity index (χ3n) is 12.1. The van der Waals surface area contributed by atoms with Crippen molar-refractivity contribution in [3.05, 3.63) is 36.5 Å². The summed E-state index contributed by atoms with van der Waals surface area (Å²) < 4.78 is 135. The number of hydrogen-bond acceptors (Lipinski definition) is 11. The summed E-state index contributed by atoms with van der Waals surface area (Å²) in [5.74, 6) is -4.03. The first-order chi connectivity index (χ1) is 30.7. The molecule has 2 aromatic rings. The van der Waals surface area contributed by atoms with Gasteiger partial charge in [-0.1, -0.05) is 32.4 Å². The number of alkyl halides is 3. The van der Waals surface area contributed by atoms with E-state index in [0.717, 1.165) is 10.6 Å². The van der Waals surface area contributed by atoms with E-state index in [9.17, 15) is 36.0 Å². The van der Waals surface area contributed by atoms with E-state index < -0.39 is 107 Å². The Morgan fingerprint density at radius 2 is 1.90 bits per heavy atom. The van der Waals surface area contributed by atoms with Gasteiger partial charge in [-0.25, -0.2) is 18.2 Å². The number of fused-ring (bicyclic) bond motifs is 5. The van der Waals surface area contributed by atoms with Crippen LogP contribution in [-0.4, -0.2) is 110 Å². The number of likely N-dealkylation sites (N-methyl/N-ethyl adjacent to an activating group) is 1. The lowest BCUT2D eigenvalue weighted by molar-refractivity contribution is -0.244. The average Bonchev–Trinajstić information content (AvgIpc) is 4.15. The maximum Gasteiger partial charge on any atom is 0.427 e. The highest BCUT2D eigenvalue weighted by atomic mass is 32.2. The summed E-state index contributed by atoms with van der Waals surface area (Å²) in [4.78, 5) is 64.9. The minimum atomic E-state index is -6.15. The number of nitrogens with zero attached hydrogens (tertiary/aromatic N) is 3. The molecule has 2 saturated carbocycles. The fourth-order valence-electron chi connectivity index (χ4n) is 8.37. The molecule has 1 aromatic heterocycles. The SMILES string of the molecule is [2H]C([2H])([2H])C(OC(=O)N[C@@H]1C(=O)N2C[C@H](Oc3nccc4c5c(ccc34)N(C)CCO5)C[C@H]2C(=O)N[C@]2(C(=O)NS(=O)(=O)C3CC3)C[C@H]2/C=C\CC[C@H](C)C[C@H]1CC)(C([2H])([2H])[2H])C(F)(F)F. The third kappa shape index (κ3) is 8.68. The molecule has 3 fully saturated rings. The summed E-state index contributed by atoms with van der Waals surface area (Å²) in [6, 6.07) is 1.98. The fraction of sp³-hybridized carbons (Fsp3) is 0.634. The zero-order valence-electron chi connectivity index (χ0n) is 39.3. The van der Waals surface area contributed by atoms with Crippen molar-refractivity contribution in [2.75, 3.05) is 31.6 Å². The molecule has 1 aromatic carbocycles. The van der Waals surface area contributed by atoms with Gasteiger partial charge in [0.2, 0.25) is 33.3 Å². The molecular formula is C41H53F3N6O9S. The lowest BCUT2D eigenvalue weighted by Crippen LogP contribution is -2.59. The number of carbonyl (C=O) groups is 4. The van der Waals surface area contributed by atoms with Crippen molar-refractivity contribution in [1.82, 2.24) is 25.2 Å². The molecule has 19 heteroatoms. The van der Waals surface area contributed by atoms with Crippen LogP contribution in [0.1, 0.15) is 87.1 Å². The highest BCUT2D eigenvalue weighted by Gasteiger charge is 2.62. The van der Waals surface area contributed by atoms with Gasteiger partial charge >= 0.3 is 12.3 Å². The number of sulfonamides is 1. The lowest BCUT2D eigenvalue weighted by Gasteiger charge is -2.35. The van der Waals surface area contributed by atoms with Crippen LogP contribution in [0.15, 0.2) is 36.5 Å². The van der Waals surface area contributed by atoms with Crippen molar-refractivity contribution < 1.29 is 63.2 Å². The molecule has 1 saturated heterocycles. The van der Waals surface area contributed by atoms with Gasteiger partial charge in [0.1, 0.15) is 30.3 Å². The second-order valence-electron chi connectivity index (χ2n) is 16.5. The number of aromatic nitrogens is 1. The van der Waals surface area contributed by atoms with E-state index in [1.54, 1.807) is 31.2 Å². The van der Waals surface area contributed by atoms with Gasteiger partial charge in [0.25, 0.3) is 5.91 Å². The Morgan fingerprint density at radius 1 is 1.13 bits per heavy atom. The fourth-order valence-corrected chi connectivity index (χ4v) is 9.73. The van der Waals surface area contributed by atoms with Crippen LogP contribution in [0.4, 0.5) is 23.7 Å². The van der Waals surface area contributed by atoms with Crippen LogP contribution in [0, 0.1) is 17.8 Å². The van der Waals surface area contributed by atoms with Crippen LogP contribution in [0.5, 0.6) is 11.6 Å². The Labute approximate surface area is 355 Å². The number of benzene rings is 1. The molecule has 0 bridgehead atoms. The van der Waals surface area contributed by atoms with E-state index in [0.29, 0.717) is 55.4 Å². The van der Waals surface area contributed by atoms with Crippen LogP contribution in [0.2, 0.25) is 0 Å². The zero-order valence-corrected chi connectivity index (χ0v) is 34.2. The number of nitrogens with one attached hydrogen (secondary N) is 3. The molecule has 4 amide bonds. The number of carbonyl (C=O) groups excluding carboxylic acids is 4.